The van der Waals surface area contributed by atoms with Crippen molar-refractivity contribution >= 4 is 35.7 Å². The Morgan fingerprint density at radius 3 is 2.11 bits per heavy atom. The highest BCUT2D eigenvalue weighted by molar-refractivity contribution is 5.94. The van der Waals surface area contributed by atoms with Gasteiger partial charge in [0.05, 0.1) is 35.1 Å². The van der Waals surface area contributed by atoms with Gasteiger partial charge >= 0.3 is 29.9 Å². The number of benzene rings is 2. The lowest BCUT2D eigenvalue weighted by molar-refractivity contribution is -0.290. The topological polar surface area (TPSA) is 213 Å². The summed E-state index contributed by atoms with van der Waals surface area (Å²) >= 11 is 0. The summed E-state index contributed by atoms with van der Waals surface area (Å²) in [5, 5.41) is 30.8. The Labute approximate surface area is 355 Å². The molecule has 2 bridgehead atoms. The summed E-state index contributed by atoms with van der Waals surface area (Å²) in [7, 11) is 0. The summed E-state index contributed by atoms with van der Waals surface area (Å²) < 4.78 is 30.1. The molecular weight excluding hydrogens is 789 g/mol. The third-order valence-electron chi connectivity index (χ3n) is 12.9. The average molecular weight is 845 g/mol. The molecule has 2 unspecified atom stereocenters. The monoisotopic (exact) mass is 844 g/mol. The maximum atomic E-state index is 15.5. The van der Waals surface area contributed by atoms with E-state index in [1.54, 1.807) is 109 Å². The predicted molar refractivity (Wildman–Crippen MR) is 218 cm³/mol. The molecule has 6 rings (SSSR count). The largest absolute Gasteiger partial charge is 0.465 e. The van der Waals surface area contributed by atoms with Crippen LogP contribution in [0.25, 0.3) is 0 Å². The summed E-state index contributed by atoms with van der Waals surface area (Å²) in [6.07, 6.45) is -3.19. The number of allylic oxidation sites excluding steroid dienone is 1. The van der Waals surface area contributed by atoms with Crippen molar-refractivity contribution in [3.8, 4) is 0 Å². The molecule has 3 aliphatic carbocycles. The van der Waals surface area contributed by atoms with Crippen LogP contribution < -0.4 is 10.6 Å². The molecule has 328 valence electrons. The molecule has 0 aromatic heterocycles. The number of nitrogens with one attached hydrogen (secondary N) is 2. The van der Waals surface area contributed by atoms with E-state index in [0.717, 1.165) is 6.92 Å². The van der Waals surface area contributed by atoms with Crippen LogP contribution in [0.3, 0.4) is 0 Å². The minimum atomic E-state index is -2.24. The van der Waals surface area contributed by atoms with Gasteiger partial charge in [-0.05, 0) is 57.9 Å². The first-order chi connectivity index (χ1) is 28.5. The van der Waals surface area contributed by atoms with E-state index in [0.29, 0.717) is 5.56 Å². The molecule has 4 aliphatic rings. The molecule has 1 saturated heterocycles. The average Bonchev–Trinajstić information content (AvgIpc) is 3.17. The molecule has 1 aliphatic heterocycles. The van der Waals surface area contributed by atoms with Crippen molar-refractivity contribution < 1.29 is 62.7 Å². The van der Waals surface area contributed by atoms with Crippen LogP contribution in [0.4, 0.5) is 4.79 Å². The number of ether oxygens (including phenoxy) is 5. The van der Waals surface area contributed by atoms with Gasteiger partial charge < -0.3 is 44.5 Å². The van der Waals surface area contributed by atoms with Crippen LogP contribution in [0.5, 0.6) is 0 Å². The van der Waals surface area contributed by atoms with E-state index < -0.39 is 112 Å². The van der Waals surface area contributed by atoms with Crippen LogP contribution in [-0.2, 0) is 42.9 Å². The van der Waals surface area contributed by atoms with Gasteiger partial charge in [-0.3, -0.25) is 14.4 Å². The van der Waals surface area contributed by atoms with E-state index in [2.05, 4.69) is 10.6 Å². The first kappa shape index (κ1) is 45.2. The number of carbonyl (C=O) groups excluding carboxylic acids is 6. The van der Waals surface area contributed by atoms with Crippen LogP contribution in [0.2, 0.25) is 0 Å². The van der Waals surface area contributed by atoms with Gasteiger partial charge in [0.15, 0.2) is 18.0 Å². The summed E-state index contributed by atoms with van der Waals surface area (Å²) in [4.78, 5) is 82.5. The molecule has 2 aromatic carbocycles. The molecule has 1 heterocycles. The van der Waals surface area contributed by atoms with Crippen molar-refractivity contribution in [2.45, 2.75) is 110 Å². The summed E-state index contributed by atoms with van der Waals surface area (Å²) in [6.45, 7) is 13.8. The van der Waals surface area contributed by atoms with Crippen molar-refractivity contribution in [2.75, 3.05) is 13.2 Å². The second kappa shape index (κ2) is 16.5. The van der Waals surface area contributed by atoms with Gasteiger partial charge in [-0.2, -0.15) is 0 Å². The molecule has 0 spiro atoms. The molecule has 0 radical (unpaired) electrons. The number of aliphatic hydroxyl groups excluding tert-OH is 1. The van der Waals surface area contributed by atoms with E-state index in [1.165, 1.54) is 19.1 Å². The van der Waals surface area contributed by atoms with Crippen LogP contribution in [0.15, 0.2) is 84.1 Å². The highest BCUT2D eigenvalue weighted by Crippen LogP contribution is 2.65. The maximum Gasteiger partial charge on any atom is 0.342 e. The number of esters is 4. The number of urea groups is 1. The highest BCUT2D eigenvalue weighted by atomic mass is 16.6. The van der Waals surface area contributed by atoms with E-state index >= 15 is 4.79 Å². The lowest BCUT2D eigenvalue weighted by Crippen LogP contribution is -2.76. The van der Waals surface area contributed by atoms with Crippen molar-refractivity contribution in [1.29, 1.82) is 0 Å². The van der Waals surface area contributed by atoms with E-state index in [9.17, 15) is 34.2 Å². The second-order valence-corrected chi connectivity index (χ2v) is 18.5. The van der Waals surface area contributed by atoms with E-state index in [-0.39, 0.29) is 30.1 Å². The van der Waals surface area contributed by atoms with Gasteiger partial charge in [-0.25, -0.2) is 14.4 Å². The number of hydrogen-bond donors (Lipinski definition) is 4. The first-order valence-corrected chi connectivity index (χ1v) is 20.3. The third-order valence-corrected chi connectivity index (χ3v) is 12.9. The van der Waals surface area contributed by atoms with Crippen LogP contribution in [-0.4, -0.2) is 94.7 Å². The zero-order chi connectivity index (χ0) is 44.9. The van der Waals surface area contributed by atoms with Crippen molar-refractivity contribution in [1.82, 2.24) is 10.6 Å². The molecule has 2 amide bonds. The summed E-state index contributed by atoms with van der Waals surface area (Å²) in [6, 6.07) is 14.4. The van der Waals surface area contributed by atoms with Gasteiger partial charge in [0.25, 0.3) is 0 Å². The van der Waals surface area contributed by atoms with Gasteiger partial charge in [0.1, 0.15) is 24.1 Å². The summed E-state index contributed by atoms with van der Waals surface area (Å²) in [5.41, 5.74) is -6.54. The van der Waals surface area contributed by atoms with Crippen LogP contribution >= 0.6 is 0 Å². The van der Waals surface area contributed by atoms with Crippen molar-refractivity contribution in [2.24, 2.45) is 28.1 Å². The predicted octanol–water partition coefficient (Wildman–Crippen LogP) is 4.66. The maximum absolute atomic E-state index is 15.5. The molecule has 10 atom stereocenters. The van der Waals surface area contributed by atoms with Crippen molar-refractivity contribution in [3.63, 3.8) is 0 Å². The fourth-order valence-corrected chi connectivity index (χ4v) is 9.78. The SMILES string of the molecule is CC(=O)OCC12CO[C@@H]1C=C[C@@]1(C)C(=O)[C@H](OC(C)=O)C3C(C)=C(OC(=O)[C@H](O)[C@@H](NC(=O)NC(C)(C)C)c4ccccc4)C[C@@](O)([C@@H](OC(=O)c4ccccc4)[C@H]21)C3(C)C. The normalized spacial score (nSPS) is 31.0. The van der Waals surface area contributed by atoms with Crippen LogP contribution in [0, 0.1) is 28.1 Å². The Bertz CT molecular complexity index is 2130. The molecule has 2 aromatic rings. The molecule has 4 N–H and O–H groups in total. The van der Waals surface area contributed by atoms with Gasteiger partial charge in [0.2, 0.25) is 0 Å². The quantitative estimate of drug-likeness (QED) is 0.146. The Morgan fingerprint density at radius 1 is 0.934 bits per heavy atom. The Morgan fingerprint density at radius 2 is 1.56 bits per heavy atom. The molecule has 2 fully saturated rings. The molecule has 1 saturated carbocycles. The fraction of sp³-hybridized carbons (Fsp3) is 0.522. The highest BCUT2D eigenvalue weighted by Gasteiger charge is 2.75. The smallest absolute Gasteiger partial charge is 0.342 e. The lowest BCUT2D eigenvalue weighted by Gasteiger charge is -2.66. The number of Topliss-reactive ketones (excluding diaryl/α,β-unsaturated/α-hetero) is 1. The minimum Gasteiger partial charge on any atom is -0.465 e. The Balaban J connectivity index is 1.52. The van der Waals surface area contributed by atoms with Gasteiger partial charge in [0, 0.05) is 43.1 Å². The second-order valence-electron chi connectivity index (χ2n) is 18.5. The van der Waals surface area contributed by atoms with E-state index in [4.69, 9.17) is 23.7 Å². The van der Waals surface area contributed by atoms with Gasteiger partial charge in [-0.1, -0.05) is 74.5 Å². The number of fused-ring (bicyclic) bond motifs is 5. The number of carbonyl (C=O) groups is 6. The fourth-order valence-electron chi connectivity index (χ4n) is 9.78. The Hall–Kier alpha value is -5.38. The number of amides is 2. The molecule has 15 heteroatoms. The van der Waals surface area contributed by atoms with Gasteiger partial charge in [-0.15, -0.1) is 0 Å². The number of aliphatic hydroxyl groups is 2. The third kappa shape index (κ3) is 8.22. The molecular formula is C46H56N2O13. The zero-order valence-corrected chi connectivity index (χ0v) is 36.0. The first-order valence-electron chi connectivity index (χ1n) is 20.3. The Kier molecular flexibility index (Phi) is 12.2. The number of hydrogen-bond acceptors (Lipinski definition) is 13. The lowest BCUT2D eigenvalue weighted by atomic mass is 9.43. The number of rotatable bonds is 10. The van der Waals surface area contributed by atoms with Crippen LogP contribution in [0.1, 0.15) is 90.7 Å². The molecule has 61 heavy (non-hydrogen) atoms. The molecule has 15 nitrogen and oxygen atoms in total. The summed E-state index contributed by atoms with van der Waals surface area (Å²) in [5.74, 6) is -6.66. The standard InChI is InChI=1S/C46H56N2O13/c1-25-30(60-40(54)34(51)33(28-16-12-10-13-17-28)47-41(55)48-42(4,5)6)22-46(56)38(61-39(53)29-18-14-11-15-19-29)36-44(9,21-20-31-45(36,24-58-31)23-57-26(2)49)37(52)35(59-27(3)50)32(25)43(46,7)8/h10-21,31-36,38,51,56H,22-24H2,1-9H3,(H2,47,48,55)/t31-,32?,33+,34-,35-,36+,38+,44-,45?,46-/m1/s1. The minimum absolute atomic E-state index is 0.0695. The zero-order valence-electron chi connectivity index (χ0n) is 36.0. The number of ketones is 1. The van der Waals surface area contributed by atoms with Crippen molar-refractivity contribution in [3.05, 3.63) is 95.3 Å². The van der Waals surface area contributed by atoms with E-state index in [1.807, 2.05) is 0 Å².